The third-order valence-electron chi connectivity index (χ3n) is 3.93. The number of ether oxygens (including phenoxy) is 2. The van der Waals surface area contributed by atoms with Gasteiger partial charge in [0.05, 0.1) is 25.4 Å². The Balaban J connectivity index is 2.06. The highest BCUT2D eigenvalue weighted by atomic mass is 16.5. The molecule has 122 valence electrons. The lowest BCUT2D eigenvalue weighted by molar-refractivity contribution is 0.0370. The van der Waals surface area contributed by atoms with Crippen LogP contribution in [0.25, 0.3) is 0 Å². The molecule has 2 rings (SSSR count). The molecule has 0 aliphatic carbocycles. The van der Waals surface area contributed by atoms with Crippen molar-refractivity contribution in [2.24, 2.45) is 0 Å². The van der Waals surface area contributed by atoms with E-state index in [0.29, 0.717) is 13.0 Å². The van der Waals surface area contributed by atoms with Gasteiger partial charge in [0.25, 0.3) is 0 Å². The number of hydrogen-bond donors (Lipinski definition) is 0. The lowest BCUT2D eigenvalue weighted by Gasteiger charge is -2.26. The van der Waals surface area contributed by atoms with Gasteiger partial charge in [0.15, 0.2) is 5.78 Å². The molecule has 1 saturated heterocycles. The van der Waals surface area contributed by atoms with Crippen LogP contribution in [-0.4, -0.2) is 50.1 Å². The highest BCUT2D eigenvalue weighted by Crippen LogP contribution is 2.27. The first kappa shape index (κ1) is 17.0. The zero-order chi connectivity index (χ0) is 15.9. The molecule has 0 unspecified atom stereocenters. The molecule has 0 N–H and O–H groups in total. The highest BCUT2D eigenvalue weighted by Gasteiger charge is 2.18. The van der Waals surface area contributed by atoms with Gasteiger partial charge in [-0.3, -0.25) is 9.69 Å². The van der Waals surface area contributed by atoms with Crippen molar-refractivity contribution in [3.8, 4) is 5.75 Å². The minimum Gasteiger partial charge on any atom is -0.493 e. The van der Waals surface area contributed by atoms with E-state index in [-0.39, 0.29) is 5.78 Å². The van der Waals surface area contributed by atoms with E-state index in [0.717, 1.165) is 61.7 Å². The summed E-state index contributed by atoms with van der Waals surface area (Å²) in [6.45, 7) is 10.9. The molecule has 1 aliphatic rings. The first-order valence-corrected chi connectivity index (χ1v) is 8.19. The number of hydrogen-bond acceptors (Lipinski definition) is 4. The van der Waals surface area contributed by atoms with Gasteiger partial charge in [0.2, 0.25) is 0 Å². The molecule has 0 amide bonds. The molecular weight excluding hydrogens is 278 g/mol. The maximum Gasteiger partial charge on any atom is 0.167 e. The normalized spacial score (nSPS) is 15.8. The maximum absolute atomic E-state index is 12.6. The summed E-state index contributed by atoms with van der Waals surface area (Å²) >= 11 is 0. The van der Waals surface area contributed by atoms with Gasteiger partial charge in [-0.1, -0.05) is 13.0 Å². The Kier molecular flexibility index (Phi) is 6.40. The lowest BCUT2D eigenvalue weighted by atomic mass is 10.0. The fourth-order valence-electron chi connectivity index (χ4n) is 2.78. The van der Waals surface area contributed by atoms with E-state index in [1.165, 1.54) is 0 Å². The van der Waals surface area contributed by atoms with Crippen molar-refractivity contribution in [1.29, 1.82) is 0 Å². The molecular formula is C18H27NO3. The maximum atomic E-state index is 12.6. The van der Waals surface area contributed by atoms with Gasteiger partial charge >= 0.3 is 0 Å². The van der Waals surface area contributed by atoms with E-state index in [4.69, 9.17) is 9.47 Å². The van der Waals surface area contributed by atoms with E-state index in [2.05, 4.69) is 17.9 Å². The Labute approximate surface area is 133 Å². The summed E-state index contributed by atoms with van der Waals surface area (Å²) in [5.41, 5.74) is 2.89. The zero-order valence-corrected chi connectivity index (χ0v) is 14.0. The highest BCUT2D eigenvalue weighted by molar-refractivity contribution is 5.99. The van der Waals surface area contributed by atoms with Crippen LogP contribution in [0.15, 0.2) is 12.1 Å². The minimum atomic E-state index is 0.171. The molecule has 0 radical (unpaired) electrons. The van der Waals surface area contributed by atoms with Crippen molar-refractivity contribution >= 4 is 5.78 Å². The number of ketones is 1. The average molecular weight is 305 g/mol. The number of benzene rings is 1. The van der Waals surface area contributed by atoms with Crippen LogP contribution in [0, 0.1) is 13.8 Å². The molecule has 1 aliphatic heterocycles. The van der Waals surface area contributed by atoms with Gasteiger partial charge in [-0.2, -0.15) is 0 Å². The van der Waals surface area contributed by atoms with Crippen LogP contribution < -0.4 is 4.74 Å². The van der Waals surface area contributed by atoms with E-state index in [1.807, 2.05) is 19.9 Å². The van der Waals surface area contributed by atoms with Crippen LogP contribution in [0.2, 0.25) is 0 Å². The van der Waals surface area contributed by atoms with Crippen LogP contribution in [-0.2, 0) is 4.74 Å². The Hall–Kier alpha value is -1.39. The monoisotopic (exact) mass is 305 g/mol. The summed E-state index contributed by atoms with van der Waals surface area (Å²) in [6, 6.07) is 4.03. The van der Waals surface area contributed by atoms with Crippen LogP contribution in [0.3, 0.4) is 0 Å². The molecule has 1 heterocycles. The van der Waals surface area contributed by atoms with Crippen molar-refractivity contribution in [2.45, 2.75) is 33.6 Å². The number of morpholine rings is 1. The Morgan fingerprint density at radius 1 is 1.27 bits per heavy atom. The Morgan fingerprint density at radius 3 is 2.68 bits per heavy atom. The number of carbonyl (C=O) groups is 1. The SMILES string of the molecule is CCCOc1c(C)cc(C)cc1C(=O)CCN1CCOCC1. The van der Waals surface area contributed by atoms with Crippen molar-refractivity contribution in [2.75, 3.05) is 39.5 Å². The summed E-state index contributed by atoms with van der Waals surface area (Å²) in [6.07, 6.45) is 1.47. The number of aryl methyl sites for hydroxylation is 2. The Bertz CT molecular complexity index is 507. The van der Waals surface area contributed by atoms with Crippen LogP contribution >= 0.6 is 0 Å². The predicted octanol–water partition coefficient (Wildman–Crippen LogP) is 3.00. The zero-order valence-electron chi connectivity index (χ0n) is 14.0. The number of Topliss-reactive ketones (excluding diaryl/α,β-unsaturated/α-hetero) is 1. The van der Waals surface area contributed by atoms with E-state index in [9.17, 15) is 4.79 Å². The third-order valence-corrected chi connectivity index (χ3v) is 3.93. The second kappa shape index (κ2) is 8.30. The summed E-state index contributed by atoms with van der Waals surface area (Å²) in [4.78, 5) is 14.9. The van der Waals surface area contributed by atoms with Gasteiger partial charge in [0.1, 0.15) is 5.75 Å². The second-order valence-electron chi connectivity index (χ2n) is 5.93. The quantitative estimate of drug-likeness (QED) is 0.726. The van der Waals surface area contributed by atoms with E-state index < -0.39 is 0 Å². The molecule has 4 nitrogen and oxygen atoms in total. The number of carbonyl (C=O) groups excluding carboxylic acids is 1. The lowest BCUT2D eigenvalue weighted by Crippen LogP contribution is -2.37. The first-order valence-electron chi connectivity index (χ1n) is 8.19. The number of nitrogens with zero attached hydrogens (tertiary/aromatic N) is 1. The summed E-state index contributed by atoms with van der Waals surface area (Å²) < 4.78 is 11.2. The van der Waals surface area contributed by atoms with Crippen molar-refractivity contribution in [3.63, 3.8) is 0 Å². The molecule has 22 heavy (non-hydrogen) atoms. The molecule has 4 heteroatoms. The second-order valence-corrected chi connectivity index (χ2v) is 5.93. The van der Waals surface area contributed by atoms with Gasteiger partial charge in [-0.05, 0) is 37.5 Å². The Morgan fingerprint density at radius 2 is 2.00 bits per heavy atom. The third kappa shape index (κ3) is 4.55. The molecule has 0 atom stereocenters. The minimum absolute atomic E-state index is 0.171. The summed E-state index contributed by atoms with van der Waals surface area (Å²) in [7, 11) is 0. The predicted molar refractivity (Wildman–Crippen MR) is 87.9 cm³/mol. The van der Waals surface area contributed by atoms with Crippen molar-refractivity contribution in [3.05, 3.63) is 28.8 Å². The van der Waals surface area contributed by atoms with Crippen molar-refractivity contribution in [1.82, 2.24) is 4.90 Å². The molecule has 0 spiro atoms. The van der Waals surface area contributed by atoms with E-state index in [1.54, 1.807) is 0 Å². The molecule has 0 aromatic heterocycles. The van der Waals surface area contributed by atoms with Crippen LogP contribution in [0.5, 0.6) is 5.75 Å². The molecule has 1 aromatic rings. The van der Waals surface area contributed by atoms with Gasteiger partial charge < -0.3 is 9.47 Å². The van der Waals surface area contributed by atoms with Gasteiger partial charge in [-0.15, -0.1) is 0 Å². The van der Waals surface area contributed by atoms with E-state index >= 15 is 0 Å². The topological polar surface area (TPSA) is 38.8 Å². The van der Waals surface area contributed by atoms with Crippen molar-refractivity contribution < 1.29 is 14.3 Å². The molecule has 0 saturated carbocycles. The fraction of sp³-hybridized carbons (Fsp3) is 0.611. The average Bonchev–Trinajstić information content (AvgIpc) is 2.52. The van der Waals surface area contributed by atoms with Gasteiger partial charge in [-0.25, -0.2) is 0 Å². The molecule has 1 aromatic carbocycles. The molecule has 1 fully saturated rings. The fourth-order valence-corrected chi connectivity index (χ4v) is 2.78. The summed E-state index contributed by atoms with van der Waals surface area (Å²) in [5.74, 6) is 0.934. The van der Waals surface area contributed by atoms with Gasteiger partial charge in [0, 0.05) is 26.1 Å². The molecule has 0 bridgehead atoms. The van der Waals surface area contributed by atoms with Crippen LogP contribution in [0.4, 0.5) is 0 Å². The largest absolute Gasteiger partial charge is 0.493 e. The standard InChI is InChI=1S/C18H27NO3/c1-4-9-22-18-15(3)12-14(2)13-16(18)17(20)5-6-19-7-10-21-11-8-19/h12-13H,4-11H2,1-3H3. The number of rotatable bonds is 7. The summed E-state index contributed by atoms with van der Waals surface area (Å²) in [5, 5.41) is 0. The first-order chi connectivity index (χ1) is 10.6. The van der Waals surface area contributed by atoms with Crippen LogP contribution in [0.1, 0.15) is 41.3 Å². The smallest absolute Gasteiger partial charge is 0.167 e.